The van der Waals surface area contributed by atoms with Crippen LogP contribution in [-0.4, -0.2) is 51.5 Å². The molecule has 11 heteroatoms. The van der Waals surface area contributed by atoms with Crippen molar-refractivity contribution in [2.24, 2.45) is 0 Å². The van der Waals surface area contributed by atoms with Gasteiger partial charge in [-0.1, -0.05) is 40.9 Å². The smallest absolute Gasteiger partial charge is 0.262 e. The van der Waals surface area contributed by atoms with E-state index in [1.807, 2.05) is 0 Å². The topological polar surface area (TPSA) is 84.9 Å². The normalized spacial score (nSPS) is 15.1. The van der Waals surface area contributed by atoms with Crippen LogP contribution in [0.2, 0.25) is 15.1 Å². The summed E-state index contributed by atoms with van der Waals surface area (Å²) < 4.78 is 37.9. The lowest BCUT2D eigenvalue weighted by atomic mass is 10.3. The first kappa shape index (κ1) is 22.1. The van der Waals surface area contributed by atoms with Gasteiger partial charge >= 0.3 is 0 Å². The Bertz CT molecular complexity index is 990. The first-order chi connectivity index (χ1) is 13.8. The van der Waals surface area contributed by atoms with Gasteiger partial charge in [0.2, 0.25) is 10.0 Å². The van der Waals surface area contributed by atoms with E-state index in [-0.39, 0.29) is 44.5 Å². The van der Waals surface area contributed by atoms with Gasteiger partial charge in [0.25, 0.3) is 5.91 Å². The quantitative estimate of drug-likeness (QED) is 0.683. The van der Waals surface area contributed by atoms with E-state index >= 15 is 0 Å². The molecular weight excluding hydrogens is 463 g/mol. The van der Waals surface area contributed by atoms with Crippen molar-refractivity contribution < 1.29 is 22.7 Å². The number of sulfonamides is 1. The van der Waals surface area contributed by atoms with Crippen LogP contribution in [0.3, 0.4) is 0 Å². The molecule has 1 aliphatic heterocycles. The van der Waals surface area contributed by atoms with Crippen LogP contribution in [0.15, 0.2) is 41.3 Å². The molecule has 3 rings (SSSR count). The highest BCUT2D eigenvalue weighted by Crippen LogP contribution is 2.31. The van der Waals surface area contributed by atoms with Crippen LogP contribution in [0.25, 0.3) is 0 Å². The molecule has 0 unspecified atom stereocenters. The summed E-state index contributed by atoms with van der Waals surface area (Å²) in [4.78, 5) is 12.1. The average Bonchev–Trinajstić information content (AvgIpc) is 2.70. The number of hydrogen-bond acceptors (Lipinski definition) is 5. The molecule has 0 spiro atoms. The lowest BCUT2D eigenvalue weighted by Crippen LogP contribution is -2.40. The summed E-state index contributed by atoms with van der Waals surface area (Å²) in [6.07, 6.45) is 0. The second-order valence-electron chi connectivity index (χ2n) is 6.04. The first-order valence-electron chi connectivity index (χ1n) is 8.53. The summed E-state index contributed by atoms with van der Waals surface area (Å²) in [5.74, 6) is -0.536. The second kappa shape index (κ2) is 9.51. The number of amides is 1. The molecule has 2 aromatic rings. The fraction of sp³-hybridized carbons (Fsp3) is 0.278. The van der Waals surface area contributed by atoms with Gasteiger partial charge in [0.15, 0.2) is 6.61 Å². The Morgan fingerprint density at radius 2 is 1.76 bits per heavy atom. The largest absolute Gasteiger partial charge is 0.482 e. The maximum atomic E-state index is 13.0. The number of benzene rings is 2. The Balaban J connectivity index is 1.77. The van der Waals surface area contributed by atoms with Gasteiger partial charge in [0.1, 0.15) is 10.6 Å². The molecule has 0 aliphatic carbocycles. The Hall–Kier alpha value is -1.55. The fourth-order valence-corrected chi connectivity index (χ4v) is 4.96. The number of carbonyl (C=O) groups excluding carboxylic acids is 1. The number of morpholine rings is 1. The van der Waals surface area contributed by atoms with E-state index in [0.29, 0.717) is 13.2 Å². The minimum absolute atomic E-state index is 0.0151. The summed E-state index contributed by atoms with van der Waals surface area (Å²) in [7, 11) is -3.87. The highest BCUT2D eigenvalue weighted by atomic mass is 35.5. The number of para-hydroxylation sites is 1. The van der Waals surface area contributed by atoms with Gasteiger partial charge in [-0.15, -0.1) is 0 Å². The van der Waals surface area contributed by atoms with E-state index < -0.39 is 22.5 Å². The number of hydrogen-bond donors (Lipinski definition) is 1. The van der Waals surface area contributed by atoms with Crippen molar-refractivity contribution >= 4 is 56.4 Å². The van der Waals surface area contributed by atoms with E-state index in [0.717, 1.165) is 0 Å². The molecular formula is C18H17Cl3N2O5S. The highest BCUT2D eigenvalue weighted by Gasteiger charge is 2.29. The van der Waals surface area contributed by atoms with Crippen molar-refractivity contribution in [3.63, 3.8) is 0 Å². The minimum atomic E-state index is -3.87. The monoisotopic (exact) mass is 478 g/mol. The van der Waals surface area contributed by atoms with Crippen molar-refractivity contribution in [1.82, 2.24) is 4.31 Å². The lowest BCUT2D eigenvalue weighted by molar-refractivity contribution is -0.118. The molecule has 1 heterocycles. The van der Waals surface area contributed by atoms with Gasteiger partial charge in [-0.3, -0.25) is 4.79 Å². The molecule has 0 atom stereocenters. The third kappa shape index (κ3) is 5.33. The van der Waals surface area contributed by atoms with E-state index in [1.165, 1.54) is 22.5 Å². The van der Waals surface area contributed by atoms with Gasteiger partial charge in [-0.05, 0) is 30.3 Å². The summed E-state index contributed by atoms with van der Waals surface area (Å²) >= 11 is 18.1. The van der Waals surface area contributed by atoms with E-state index in [9.17, 15) is 13.2 Å². The summed E-state index contributed by atoms with van der Waals surface area (Å²) in [6, 6.07) is 8.99. The van der Waals surface area contributed by atoms with E-state index in [1.54, 1.807) is 18.2 Å². The highest BCUT2D eigenvalue weighted by molar-refractivity contribution is 7.89. The molecule has 0 bridgehead atoms. The van der Waals surface area contributed by atoms with Crippen molar-refractivity contribution in [1.29, 1.82) is 0 Å². The Labute approximate surface area is 183 Å². The van der Waals surface area contributed by atoms with Crippen molar-refractivity contribution in [3.8, 4) is 5.75 Å². The number of anilines is 1. The fourth-order valence-electron chi connectivity index (χ4n) is 2.66. The molecule has 0 radical (unpaired) electrons. The molecule has 1 N–H and O–H groups in total. The van der Waals surface area contributed by atoms with Crippen LogP contribution in [0.4, 0.5) is 5.69 Å². The zero-order chi connectivity index (χ0) is 21.0. The van der Waals surface area contributed by atoms with E-state index in [4.69, 9.17) is 44.3 Å². The minimum Gasteiger partial charge on any atom is -0.482 e. The van der Waals surface area contributed by atoms with Crippen molar-refractivity contribution in [2.45, 2.75) is 4.90 Å². The van der Waals surface area contributed by atoms with Gasteiger partial charge in [-0.2, -0.15) is 4.31 Å². The predicted molar refractivity (Wildman–Crippen MR) is 112 cm³/mol. The second-order valence-corrected chi connectivity index (χ2v) is 9.20. The molecule has 156 valence electrons. The molecule has 1 aliphatic rings. The van der Waals surface area contributed by atoms with Crippen molar-refractivity contribution in [3.05, 3.63) is 51.5 Å². The predicted octanol–water partition coefficient (Wildman–Crippen LogP) is 3.69. The molecule has 1 saturated heterocycles. The molecule has 0 aromatic heterocycles. The van der Waals surface area contributed by atoms with Gasteiger partial charge in [-0.25, -0.2) is 8.42 Å². The summed E-state index contributed by atoms with van der Waals surface area (Å²) in [5, 5.41) is 3.33. The van der Waals surface area contributed by atoms with Crippen LogP contribution >= 0.6 is 34.8 Å². The van der Waals surface area contributed by atoms with Crippen LogP contribution in [-0.2, 0) is 19.6 Å². The standard InChI is InChI=1S/C18H17Cl3N2O5S/c19-12-4-5-15(16(10-12)29(25,26)23-6-8-27-9-7-23)28-11-17(24)22-18-13(20)2-1-3-14(18)21/h1-5,10H,6-9,11H2,(H,22,24). The summed E-state index contributed by atoms with van der Waals surface area (Å²) in [5.41, 5.74) is 0.252. The Morgan fingerprint density at radius 1 is 1.10 bits per heavy atom. The molecule has 29 heavy (non-hydrogen) atoms. The van der Waals surface area contributed by atoms with Crippen molar-refractivity contribution in [2.75, 3.05) is 38.2 Å². The number of halogens is 3. The van der Waals surface area contributed by atoms with Crippen LogP contribution in [0.1, 0.15) is 0 Å². The summed E-state index contributed by atoms with van der Waals surface area (Å²) in [6.45, 7) is 0.600. The van der Waals surface area contributed by atoms with Gasteiger partial charge in [0, 0.05) is 18.1 Å². The zero-order valence-corrected chi connectivity index (χ0v) is 18.1. The molecule has 0 saturated carbocycles. The third-order valence-electron chi connectivity index (χ3n) is 4.08. The number of rotatable bonds is 6. The lowest BCUT2D eigenvalue weighted by Gasteiger charge is -2.26. The Kier molecular flexibility index (Phi) is 7.26. The zero-order valence-electron chi connectivity index (χ0n) is 15.0. The molecule has 1 amide bonds. The number of nitrogens with zero attached hydrogens (tertiary/aromatic N) is 1. The number of carbonyl (C=O) groups is 1. The van der Waals surface area contributed by atoms with Gasteiger partial charge < -0.3 is 14.8 Å². The van der Waals surface area contributed by atoms with Crippen LogP contribution in [0, 0.1) is 0 Å². The van der Waals surface area contributed by atoms with Crippen LogP contribution in [0.5, 0.6) is 5.75 Å². The van der Waals surface area contributed by atoms with Gasteiger partial charge in [0.05, 0.1) is 28.9 Å². The van der Waals surface area contributed by atoms with Crippen LogP contribution < -0.4 is 10.1 Å². The average molecular weight is 480 g/mol. The maximum absolute atomic E-state index is 13.0. The SMILES string of the molecule is O=C(COc1ccc(Cl)cc1S(=O)(=O)N1CCOCC1)Nc1c(Cl)cccc1Cl. The van der Waals surface area contributed by atoms with E-state index in [2.05, 4.69) is 5.32 Å². The number of nitrogens with one attached hydrogen (secondary N) is 1. The molecule has 1 fully saturated rings. The Morgan fingerprint density at radius 3 is 2.41 bits per heavy atom. The third-order valence-corrected chi connectivity index (χ3v) is 6.86. The first-order valence-corrected chi connectivity index (χ1v) is 11.1. The molecule has 7 nitrogen and oxygen atoms in total. The molecule has 2 aromatic carbocycles. The number of ether oxygens (including phenoxy) is 2. The maximum Gasteiger partial charge on any atom is 0.262 e.